The summed E-state index contributed by atoms with van der Waals surface area (Å²) in [7, 11) is 3.39. The molecule has 1 unspecified atom stereocenters. The summed E-state index contributed by atoms with van der Waals surface area (Å²) in [6, 6.07) is 7.92. The standard InChI is InChI=1S/C13H19N2O4P/c1-15(2)11-7-5-10(6-8-11)12-9-13(19-14-12)20(16,17-3)18-4/h5-8,13H,9H2,1-4H3. The molecule has 2 rings (SSSR count). The van der Waals surface area contributed by atoms with E-state index in [4.69, 9.17) is 13.9 Å². The maximum atomic E-state index is 12.2. The van der Waals surface area contributed by atoms with E-state index in [0.29, 0.717) is 6.42 Å². The van der Waals surface area contributed by atoms with Crippen LogP contribution in [0.15, 0.2) is 29.4 Å². The van der Waals surface area contributed by atoms with E-state index < -0.39 is 13.4 Å². The van der Waals surface area contributed by atoms with E-state index >= 15 is 0 Å². The average Bonchev–Trinajstić information content (AvgIpc) is 2.97. The van der Waals surface area contributed by atoms with Crippen LogP contribution in [0.3, 0.4) is 0 Å². The van der Waals surface area contributed by atoms with Gasteiger partial charge in [0.1, 0.15) is 0 Å². The van der Waals surface area contributed by atoms with E-state index in [1.165, 1.54) is 14.2 Å². The molecule has 1 atom stereocenters. The maximum Gasteiger partial charge on any atom is 0.373 e. The first kappa shape index (κ1) is 15.0. The van der Waals surface area contributed by atoms with Gasteiger partial charge in [0.25, 0.3) is 0 Å². The summed E-state index contributed by atoms with van der Waals surface area (Å²) >= 11 is 0. The first-order valence-corrected chi connectivity index (χ1v) is 7.83. The predicted molar refractivity (Wildman–Crippen MR) is 78.4 cm³/mol. The lowest BCUT2D eigenvalue weighted by atomic mass is 10.1. The Kier molecular flexibility index (Phi) is 4.48. The molecule has 0 amide bonds. The Labute approximate surface area is 118 Å². The van der Waals surface area contributed by atoms with Crippen molar-refractivity contribution in [2.75, 3.05) is 33.2 Å². The predicted octanol–water partition coefficient (Wildman–Crippen LogP) is 2.69. The first-order valence-electron chi connectivity index (χ1n) is 6.22. The van der Waals surface area contributed by atoms with Gasteiger partial charge in [-0.15, -0.1) is 0 Å². The Balaban J connectivity index is 2.11. The number of oxime groups is 1. The number of nitrogens with zero attached hydrogens (tertiary/aromatic N) is 2. The number of benzene rings is 1. The van der Waals surface area contributed by atoms with Gasteiger partial charge in [0.05, 0.1) is 5.71 Å². The van der Waals surface area contributed by atoms with Crippen molar-refractivity contribution in [3.05, 3.63) is 29.8 Å². The van der Waals surface area contributed by atoms with Crippen molar-refractivity contribution >= 4 is 19.0 Å². The van der Waals surface area contributed by atoms with Crippen LogP contribution in [0, 0.1) is 0 Å². The Morgan fingerprint density at radius 2 is 1.85 bits per heavy atom. The van der Waals surface area contributed by atoms with Crippen LogP contribution in [0.25, 0.3) is 0 Å². The molecule has 1 aliphatic heterocycles. The van der Waals surface area contributed by atoms with Gasteiger partial charge in [-0.25, -0.2) is 0 Å². The van der Waals surface area contributed by atoms with Crippen molar-refractivity contribution in [2.45, 2.75) is 12.3 Å². The van der Waals surface area contributed by atoms with E-state index in [0.717, 1.165) is 17.0 Å². The zero-order valence-corrected chi connectivity index (χ0v) is 13.0. The summed E-state index contributed by atoms with van der Waals surface area (Å²) < 4.78 is 22.1. The van der Waals surface area contributed by atoms with Gasteiger partial charge in [0, 0.05) is 40.4 Å². The average molecular weight is 298 g/mol. The monoisotopic (exact) mass is 298 g/mol. The molecule has 0 spiro atoms. The third kappa shape index (κ3) is 2.87. The fourth-order valence-corrected chi connectivity index (χ4v) is 3.14. The molecule has 0 radical (unpaired) electrons. The van der Waals surface area contributed by atoms with Crippen molar-refractivity contribution in [2.24, 2.45) is 5.16 Å². The second-order valence-electron chi connectivity index (χ2n) is 4.65. The van der Waals surface area contributed by atoms with E-state index in [2.05, 4.69) is 5.16 Å². The zero-order valence-electron chi connectivity index (χ0n) is 12.1. The Morgan fingerprint density at radius 3 is 2.35 bits per heavy atom. The lowest BCUT2D eigenvalue weighted by Gasteiger charge is -2.17. The highest BCUT2D eigenvalue weighted by atomic mass is 31.2. The molecule has 7 heteroatoms. The second kappa shape index (κ2) is 5.95. The lowest BCUT2D eigenvalue weighted by molar-refractivity contribution is 0.106. The molecular formula is C13H19N2O4P. The highest BCUT2D eigenvalue weighted by Crippen LogP contribution is 2.55. The van der Waals surface area contributed by atoms with Gasteiger partial charge in [-0.2, -0.15) is 0 Å². The van der Waals surface area contributed by atoms with Crippen molar-refractivity contribution in [3.63, 3.8) is 0 Å². The molecule has 1 aliphatic rings. The number of hydrogen-bond donors (Lipinski definition) is 0. The Morgan fingerprint density at radius 1 is 1.25 bits per heavy atom. The van der Waals surface area contributed by atoms with Gasteiger partial charge in [0.15, 0.2) is 0 Å². The quantitative estimate of drug-likeness (QED) is 0.782. The molecule has 0 bridgehead atoms. The molecule has 0 N–H and O–H groups in total. The topological polar surface area (TPSA) is 60.4 Å². The SMILES string of the molecule is COP(=O)(OC)C1CC(c2ccc(N(C)C)cc2)=NO1. The van der Waals surface area contributed by atoms with Gasteiger partial charge in [-0.05, 0) is 17.7 Å². The van der Waals surface area contributed by atoms with Crippen LogP contribution in [0.5, 0.6) is 0 Å². The van der Waals surface area contributed by atoms with E-state index in [1.807, 2.05) is 43.3 Å². The molecule has 20 heavy (non-hydrogen) atoms. The van der Waals surface area contributed by atoms with Gasteiger partial charge in [-0.3, -0.25) is 4.57 Å². The van der Waals surface area contributed by atoms with Crippen LogP contribution >= 0.6 is 7.60 Å². The molecule has 0 fully saturated rings. The van der Waals surface area contributed by atoms with Gasteiger partial charge in [-0.1, -0.05) is 17.3 Å². The third-order valence-electron chi connectivity index (χ3n) is 3.23. The third-order valence-corrected chi connectivity index (χ3v) is 5.23. The largest absolute Gasteiger partial charge is 0.379 e. The zero-order chi connectivity index (χ0) is 14.8. The van der Waals surface area contributed by atoms with E-state index in [9.17, 15) is 4.57 Å². The van der Waals surface area contributed by atoms with Crippen molar-refractivity contribution in [1.82, 2.24) is 0 Å². The van der Waals surface area contributed by atoms with E-state index in [1.54, 1.807) is 0 Å². The molecule has 1 aromatic rings. The summed E-state index contributed by atoms with van der Waals surface area (Å²) in [5, 5.41) is 3.99. The number of rotatable bonds is 5. The molecule has 1 heterocycles. The minimum atomic E-state index is -3.26. The smallest absolute Gasteiger partial charge is 0.373 e. The molecular weight excluding hydrogens is 279 g/mol. The van der Waals surface area contributed by atoms with Gasteiger partial charge < -0.3 is 18.8 Å². The van der Waals surface area contributed by atoms with Gasteiger partial charge >= 0.3 is 7.60 Å². The molecule has 0 aromatic heterocycles. The molecule has 0 aliphatic carbocycles. The summed E-state index contributed by atoms with van der Waals surface area (Å²) in [4.78, 5) is 7.23. The Hall–Kier alpha value is -1.36. The second-order valence-corrected chi connectivity index (χ2v) is 7.03. The molecule has 0 saturated heterocycles. The normalized spacial score (nSPS) is 18.6. The maximum absolute atomic E-state index is 12.2. The van der Waals surface area contributed by atoms with Gasteiger partial charge in [0.2, 0.25) is 5.85 Å². The molecule has 1 aromatic carbocycles. The fraction of sp³-hybridized carbons (Fsp3) is 0.462. The van der Waals surface area contributed by atoms with Crippen LogP contribution < -0.4 is 4.90 Å². The lowest BCUT2D eigenvalue weighted by Crippen LogP contribution is -2.12. The first-order chi connectivity index (χ1) is 9.50. The molecule has 110 valence electrons. The highest BCUT2D eigenvalue weighted by molar-refractivity contribution is 7.54. The fourth-order valence-electron chi connectivity index (χ4n) is 1.97. The molecule has 0 saturated carbocycles. The van der Waals surface area contributed by atoms with Crippen molar-refractivity contribution in [1.29, 1.82) is 0 Å². The van der Waals surface area contributed by atoms with Crippen LogP contribution in [0.2, 0.25) is 0 Å². The van der Waals surface area contributed by atoms with Crippen molar-refractivity contribution < 1.29 is 18.5 Å². The minimum Gasteiger partial charge on any atom is -0.379 e. The summed E-state index contributed by atoms with van der Waals surface area (Å²) in [6.07, 6.45) is 0.403. The van der Waals surface area contributed by atoms with Crippen LogP contribution in [-0.2, 0) is 18.5 Å². The van der Waals surface area contributed by atoms with Crippen LogP contribution in [-0.4, -0.2) is 39.9 Å². The van der Waals surface area contributed by atoms with E-state index in [-0.39, 0.29) is 0 Å². The molecule has 6 nitrogen and oxygen atoms in total. The minimum absolute atomic E-state index is 0.403. The van der Waals surface area contributed by atoms with Crippen molar-refractivity contribution in [3.8, 4) is 0 Å². The summed E-state index contributed by atoms with van der Waals surface area (Å²) in [5.74, 6) is -0.680. The summed E-state index contributed by atoms with van der Waals surface area (Å²) in [6.45, 7) is 0. The van der Waals surface area contributed by atoms with Crippen LogP contribution in [0.1, 0.15) is 12.0 Å². The number of anilines is 1. The van der Waals surface area contributed by atoms with Crippen LogP contribution in [0.4, 0.5) is 5.69 Å². The highest BCUT2D eigenvalue weighted by Gasteiger charge is 2.40. The summed E-state index contributed by atoms with van der Waals surface area (Å²) in [5.41, 5.74) is 2.79. The Bertz CT molecular complexity index is 534. The number of hydrogen-bond acceptors (Lipinski definition) is 6.